The van der Waals surface area contributed by atoms with Crippen molar-refractivity contribution in [3.8, 4) is 22.9 Å². The van der Waals surface area contributed by atoms with Crippen LogP contribution in [0.1, 0.15) is 18.4 Å². The normalized spacial score (nSPS) is 15.4. The molecule has 0 saturated carbocycles. The first kappa shape index (κ1) is 23.7. The van der Waals surface area contributed by atoms with Crippen LogP contribution in [0.4, 0.5) is 17.6 Å². The average Bonchev–Trinajstić information content (AvgIpc) is 3.56. The van der Waals surface area contributed by atoms with Crippen molar-refractivity contribution < 1.29 is 19.3 Å². The highest BCUT2D eigenvalue weighted by Crippen LogP contribution is 2.39. The number of aliphatic hydroxyl groups is 1. The first-order valence-corrected chi connectivity index (χ1v) is 11.8. The molecule has 0 amide bonds. The van der Waals surface area contributed by atoms with Crippen LogP contribution in [-0.2, 0) is 0 Å². The van der Waals surface area contributed by atoms with Gasteiger partial charge in [0.1, 0.15) is 12.1 Å². The Morgan fingerprint density at radius 2 is 1.83 bits per heavy atom. The van der Waals surface area contributed by atoms with E-state index < -0.39 is 0 Å². The van der Waals surface area contributed by atoms with Crippen LogP contribution in [0.2, 0.25) is 0 Å². The van der Waals surface area contributed by atoms with E-state index in [0.717, 1.165) is 47.4 Å². The summed E-state index contributed by atoms with van der Waals surface area (Å²) in [6.07, 6.45) is 5.49. The van der Waals surface area contributed by atoms with Gasteiger partial charge in [0.25, 0.3) is 0 Å². The van der Waals surface area contributed by atoms with E-state index in [4.69, 9.17) is 24.2 Å². The number of imidazole rings is 1. The molecular weight excluding hydrogens is 460 g/mol. The minimum atomic E-state index is 0.0523. The second-order valence-electron chi connectivity index (χ2n) is 8.74. The van der Waals surface area contributed by atoms with Crippen LogP contribution in [-0.4, -0.2) is 65.1 Å². The molecule has 1 saturated heterocycles. The summed E-state index contributed by atoms with van der Waals surface area (Å²) in [6, 6.07) is 9.91. The highest BCUT2D eigenvalue weighted by atomic mass is 16.5. The van der Waals surface area contributed by atoms with Gasteiger partial charge >= 0.3 is 0 Å². The number of aromatic nitrogens is 4. The van der Waals surface area contributed by atoms with Crippen molar-refractivity contribution in [3.63, 3.8) is 0 Å². The van der Waals surface area contributed by atoms with E-state index in [9.17, 15) is 5.11 Å². The van der Waals surface area contributed by atoms with E-state index >= 15 is 0 Å². The van der Waals surface area contributed by atoms with Crippen LogP contribution < -0.4 is 24.4 Å². The maximum atomic E-state index is 9.90. The summed E-state index contributed by atoms with van der Waals surface area (Å²) < 4.78 is 18.2. The maximum absolute atomic E-state index is 9.90. The van der Waals surface area contributed by atoms with Crippen molar-refractivity contribution in [3.05, 3.63) is 48.4 Å². The van der Waals surface area contributed by atoms with E-state index in [1.165, 1.54) is 0 Å². The number of nitrogens with zero attached hydrogens (tertiary/aromatic N) is 5. The number of methoxy groups -OCH3 is 3. The molecule has 1 unspecified atom stereocenters. The van der Waals surface area contributed by atoms with Gasteiger partial charge in [0, 0.05) is 24.1 Å². The Hall–Kier alpha value is -4.05. The maximum Gasteiger partial charge on any atom is 0.230 e. The topological polar surface area (TPSA) is 107 Å². The molecule has 1 aliphatic heterocycles. The van der Waals surface area contributed by atoms with E-state index in [1.807, 2.05) is 35.9 Å². The Kier molecular flexibility index (Phi) is 6.51. The second-order valence-corrected chi connectivity index (χ2v) is 8.74. The number of hydrogen-bond acceptors (Lipinski definition) is 9. The van der Waals surface area contributed by atoms with Gasteiger partial charge in [-0.25, -0.2) is 9.97 Å². The van der Waals surface area contributed by atoms with Gasteiger partial charge in [-0.1, -0.05) is 6.07 Å². The van der Waals surface area contributed by atoms with E-state index in [0.29, 0.717) is 29.0 Å². The van der Waals surface area contributed by atoms with Crippen LogP contribution in [0.15, 0.2) is 42.9 Å². The first-order valence-electron chi connectivity index (χ1n) is 11.8. The van der Waals surface area contributed by atoms with Crippen molar-refractivity contribution >= 4 is 28.5 Å². The molecule has 2 aromatic carbocycles. The lowest BCUT2D eigenvalue weighted by atomic mass is 10.1. The summed E-state index contributed by atoms with van der Waals surface area (Å²) in [4.78, 5) is 16.3. The van der Waals surface area contributed by atoms with Crippen LogP contribution in [0, 0.1) is 6.92 Å². The van der Waals surface area contributed by atoms with Crippen molar-refractivity contribution in [2.45, 2.75) is 25.8 Å². The fourth-order valence-electron chi connectivity index (χ4n) is 4.66. The quantitative estimate of drug-likeness (QED) is 0.381. The third kappa shape index (κ3) is 4.35. The largest absolute Gasteiger partial charge is 0.493 e. The molecule has 0 spiro atoms. The predicted molar refractivity (Wildman–Crippen MR) is 138 cm³/mol. The van der Waals surface area contributed by atoms with Gasteiger partial charge in [-0.05, 0) is 37.5 Å². The molecule has 2 aromatic heterocycles. The Morgan fingerprint density at radius 3 is 2.53 bits per heavy atom. The summed E-state index contributed by atoms with van der Waals surface area (Å²) >= 11 is 0. The number of anilines is 3. The number of hydrogen-bond donors (Lipinski definition) is 2. The molecule has 4 aromatic rings. The van der Waals surface area contributed by atoms with Gasteiger partial charge in [0.15, 0.2) is 17.3 Å². The molecule has 2 N–H and O–H groups in total. The molecule has 3 heterocycles. The number of benzene rings is 2. The molecule has 5 rings (SSSR count). The highest BCUT2D eigenvalue weighted by Gasteiger charge is 2.27. The van der Waals surface area contributed by atoms with Crippen LogP contribution in [0.25, 0.3) is 16.6 Å². The lowest BCUT2D eigenvalue weighted by molar-refractivity contribution is 0.266. The summed E-state index contributed by atoms with van der Waals surface area (Å²) in [7, 11) is 4.74. The molecule has 188 valence electrons. The SMILES string of the molecule is COc1cc(-n2cnc(Nc3nc(N4CCCC4CO)c4ccc(C)cc4n3)c2)cc(OC)c1OC. The van der Waals surface area contributed by atoms with E-state index in [-0.39, 0.29) is 12.6 Å². The molecule has 10 heteroatoms. The van der Waals surface area contributed by atoms with Gasteiger partial charge in [-0.15, -0.1) is 0 Å². The fourth-order valence-corrected chi connectivity index (χ4v) is 4.66. The Labute approximate surface area is 209 Å². The Bertz CT molecular complexity index is 1360. The Morgan fingerprint density at radius 1 is 1.06 bits per heavy atom. The van der Waals surface area contributed by atoms with Crippen LogP contribution in [0.3, 0.4) is 0 Å². The Balaban J connectivity index is 1.50. The minimum Gasteiger partial charge on any atom is -0.493 e. The van der Waals surface area contributed by atoms with Crippen molar-refractivity contribution in [1.29, 1.82) is 0 Å². The molecule has 0 aliphatic carbocycles. The van der Waals surface area contributed by atoms with Crippen molar-refractivity contribution in [1.82, 2.24) is 19.5 Å². The van der Waals surface area contributed by atoms with Gasteiger partial charge < -0.3 is 34.1 Å². The van der Waals surface area contributed by atoms with Gasteiger partial charge in [0.2, 0.25) is 11.7 Å². The number of aliphatic hydroxyl groups excluding tert-OH is 1. The standard InChI is InChI=1S/C26H30N6O4/c1-16-7-8-19-20(10-16)28-26(30-25(19)32-9-5-6-17(32)14-33)29-23-13-31(15-27-23)18-11-21(34-2)24(36-4)22(12-18)35-3/h7-8,10-13,15,17,33H,5-6,9,14H2,1-4H3,(H,28,29,30). The molecule has 0 radical (unpaired) electrons. The lowest BCUT2D eigenvalue weighted by Gasteiger charge is -2.25. The van der Waals surface area contributed by atoms with E-state index in [2.05, 4.69) is 27.3 Å². The van der Waals surface area contributed by atoms with Crippen LogP contribution in [0.5, 0.6) is 17.2 Å². The molecule has 10 nitrogen and oxygen atoms in total. The van der Waals surface area contributed by atoms with Gasteiger partial charge in [-0.2, -0.15) is 4.98 Å². The predicted octanol–water partition coefficient (Wildman–Crippen LogP) is 3.85. The zero-order valence-corrected chi connectivity index (χ0v) is 20.9. The molecule has 0 bridgehead atoms. The molecule has 1 atom stereocenters. The minimum absolute atomic E-state index is 0.0523. The summed E-state index contributed by atoms with van der Waals surface area (Å²) in [5, 5.41) is 14.1. The van der Waals surface area contributed by atoms with Crippen LogP contribution >= 0.6 is 0 Å². The number of aryl methyl sites for hydroxylation is 1. The number of fused-ring (bicyclic) bond motifs is 1. The second kappa shape index (κ2) is 9.90. The summed E-state index contributed by atoms with van der Waals surface area (Å²) in [5.41, 5.74) is 2.75. The summed E-state index contributed by atoms with van der Waals surface area (Å²) in [5.74, 6) is 3.48. The van der Waals surface area contributed by atoms with Crippen molar-refractivity contribution in [2.75, 3.05) is 44.7 Å². The third-order valence-corrected chi connectivity index (χ3v) is 6.46. The smallest absolute Gasteiger partial charge is 0.230 e. The first-order chi connectivity index (χ1) is 17.5. The zero-order chi connectivity index (χ0) is 25.2. The number of ether oxygens (including phenoxy) is 3. The van der Waals surface area contributed by atoms with Gasteiger partial charge in [0.05, 0.1) is 51.4 Å². The summed E-state index contributed by atoms with van der Waals surface area (Å²) in [6.45, 7) is 2.99. The molecule has 1 aliphatic rings. The zero-order valence-electron chi connectivity index (χ0n) is 20.9. The average molecular weight is 491 g/mol. The third-order valence-electron chi connectivity index (χ3n) is 6.46. The van der Waals surface area contributed by atoms with Crippen molar-refractivity contribution in [2.24, 2.45) is 0 Å². The highest BCUT2D eigenvalue weighted by molar-refractivity contribution is 5.91. The molecular formula is C26H30N6O4. The fraction of sp³-hybridized carbons (Fsp3) is 0.346. The van der Waals surface area contributed by atoms with Gasteiger partial charge in [-0.3, -0.25) is 0 Å². The lowest BCUT2D eigenvalue weighted by Crippen LogP contribution is -2.33. The monoisotopic (exact) mass is 490 g/mol. The molecule has 36 heavy (non-hydrogen) atoms. The molecule has 1 fully saturated rings. The van der Waals surface area contributed by atoms with E-state index in [1.54, 1.807) is 27.7 Å². The number of rotatable bonds is 8. The number of nitrogens with one attached hydrogen (secondary N) is 1.